The predicted octanol–water partition coefficient (Wildman–Crippen LogP) is 15.8. The molecule has 304 valence electrons. The summed E-state index contributed by atoms with van der Waals surface area (Å²) in [5.74, 6) is 0. The van der Waals surface area contributed by atoms with Gasteiger partial charge in [-0.3, -0.25) is 0 Å². The van der Waals surface area contributed by atoms with Crippen LogP contribution in [-0.4, -0.2) is 19.1 Å². The second kappa shape index (κ2) is 13.3. The van der Waals surface area contributed by atoms with Crippen molar-refractivity contribution in [2.75, 3.05) is 0 Å². The molecular formula is C61H40N4. The Hall–Kier alpha value is -8.34. The zero-order valence-corrected chi connectivity index (χ0v) is 35.9. The Morgan fingerprint density at radius 2 is 1.02 bits per heavy atom. The molecule has 0 amide bonds. The molecule has 0 unspecified atom stereocenters. The van der Waals surface area contributed by atoms with E-state index in [2.05, 4.69) is 223 Å². The first-order chi connectivity index (χ1) is 32.0. The smallest absolute Gasteiger partial charge is 0.0979 e. The van der Waals surface area contributed by atoms with Crippen molar-refractivity contribution >= 4 is 76.2 Å². The van der Waals surface area contributed by atoms with Gasteiger partial charge in [0, 0.05) is 54.5 Å². The maximum Gasteiger partial charge on any atom is 0.0979 e. The van der Waals surface area contributed by atoms with Crippen LogP contribution in [0.1, 0.15) is 25.0 Å². The number of hydrogen-bond acceptors (Lipinski definition) is 2. The lowest BCUT2D eigenvalue weighted by molar-refractivity contribution is 0.660. The second-order valence-electron chi connectivity index (χ2n) is 18.1. The summed E-state index contributed by atoms with van der Waals surface area (Å²) in [6.45, 7) is 4.67. The van der Waals surface area contributed by atoms with Crippen molar-refractivity contribution in [1.82, 2.24) is 19.1 Å². The summed E-state index contributed by atoms with van der Waals surface area (Å²) in [5.41, 5.74) is 17.7. The van der Waals surface area contributed by atoms with Gasteiger partial charge in [0.05, 0.1) is 50.2 Å². The molecule has 0 N–H and O–H groups in total. The molecule has 0 saturated carbocycles. The molecule has 10 aromatic carbocycles. The maximum absolute atomic E-state index is 5.46. The first-order valence-corrected chi connectivity index (χ1v) is 22.5. The molecule has 1 aliphatic rings. The Labute approximate surface area is 375 Å². The van der Waals surface area contributed by atoms with Gasteiger partial charge in [-0.25, -0.2) is 9.97 Å². The van der Waals surface area contributed by atoms with E-state index >= 15 is 0 Å². The van der Waals surface area contributed by atoms with Crippen molar-refractivity contribution in [3.63, 3.8) is 0 Å². The Bertz CT molecular complexity index is 4160. The molecule has 0 spiro atoms. The zero-order chi connectivity index (χ0) is 43.0. The largest absolute Gasteiger partial charge is 0.309 e. The van der Waals surface area contributed by atoms with E-state index in [1.165, 1.54) is 82.1 Å². The molecule has 0 aliphatic heterocycles. The summed E-state index contributed by atoms with van der Waals surface area (Å²) < 4.78 is 4.93. The minimum atomic E-state index is -0.133. The molecule has 3 heterocycles. The van der Waals surface area contributed by atoms with Gasteiger partial charge in [-0.2, -0.15) is 0 Å². The van der Waals surface area contributed by atoms with Crippen molar-refractivity contribution < 1.29 is 0 Å². The second-order valence-corrected chi connectivity index (χ2v) is 18.1. The molecular weight excluding hydrogens is 789 g/mol. The van der Waals surface area contributed by atoms with Gasteiger partial charge in [-0.05, 0) is 87.6 Å². The normalized spacial score (nSPS) is 13.2. The Morgan fingerprint density at radius 1 is 0.385 bits per heavy atom. The minimum Gasteiger partial charge on any atom is -0.309 e. The minimum absolute atomic E-state index is 0.133. The van der Waals surface area contributed by atoms with Crippen LogP contribution in [0.3, 0.4) is 0 Å². The molecule has 14 rings (SSSR count). The van der Waals surface area contributed by atoms with E-state index in [9.17, 15) is 0 Å². The van der Waals surface area contributed by atoms with E-state index in [4.69, 9.17) is 9.97 Å². The van der Waals surface area contributed by atoms with Crippen molar-refractivity contribution in [2.24, 2.45) is 0 Å². The summed E-state index contributed by atoms with van der Waals surface area (Å²) in [7, 11) is 0. The maximum atomic E-state index is 5.46. The van der Waals surface area contributed by atoms with Crippen LogP contribution in [0.25, 0.3) is 121 Å². The lowest BCUT2D eigenvalue weighted by Crippen LogP contribution is -2.14. The SMILES string of the molecule is CC1(C)c2ccccc2-c2c(-c3nc4ccccc4nc3-c3cccc(-n4c5ccccc5c5cc6c(-n7c8ccccc8c8ccc9ccccc9c87)cccc6cc54)c3)cccc21. The number of benzene rings is 10. The van der Waals surface area contributed by atoms with Gasteiger partial charge >= 0.3 is 0 Å². The summed E-state index contributed by atoms with van der Waals surface area (Å²) >= 11 is 0. The summed E-state index contributed by atoms with van der Waals surface area (Å²) in [6, 6.07) is 75.2. The summed E-state index contributed by atoms with van der Waals surface area (Å²) in [4.78, 5) is 10.9. The first kappa shape index (κ1) is 36.2. The number of hydrogen-bond donors (Lipinski definition) is 0. The molecule has 13 aromatic rings. The third kappa shape index (κ3) is 5.08. The Kier molecular flexibility index (Phi) is 7.42. The van der Waals surface area contributed by atoms with E-state index in [1.807, 2.05) is 6.07 Å². The van der Waals surface area contributed by atoms with Crippen molar-refractivity contribution in [3.05, 3.63) is 217 Å². The van der Waals surface area contributed by atoms with Crippen LogP contribution in [0.2, 0.25) is 0 Å². The molecule has 4 nitrogen and oxygen atoms in total. The topological polar surface area (TPSA) is 35.6 Å². The lowest BCUT2D eigenvalue weighted by Gasteiger charge is -2.21. The average Bonchev–Trinajstić information content (AvgIpc) is 3.95. The highest BCUT2D eigenvalue weighted by molar-refractivity contribution is 6.20. The fraction of sp³-hybridized carbons (Fsp3) is 0.0492. The van der Waals surface area contributed by atoms with Crippen LogP contribution in [0.4, 0.5) is 0 Å². The van der Waals surface area contributed by atoms with E-state index in [0.717, 1.165) is 50.3 Å². The fourth-order valence-corrected chi connectivity index (χ4v) is 11.3. The van der Waals surface area contributed by atoms with Gasteiger partial charge in [-0.1, -0.05) is 166 Å². The number of rotatable bonds is 4. The van der Waals surface area contributed by atoms with E-state index in [-0.39, 0.29) is 5.41 Å². The highest BCUT2D eigenvalue weighted by Gasteiger charge is 2.37. The van der Waals surface area contributed by atoms with Crippen molar-refractivity contribution in [1.29, 1.82) is 0 Å². The molecule has 1 aliphatic carbocycles. The number of aromatic nitrogens is 4. The van der Waals surface area contributed by atoms with Crippen LogP contribution < -0.4 is 0 Å². The van der Waals surface area contributed by atoms with Crippen LogP contribution in [0.15, 0.2) is 206 Å². The van der Waals surface area contributed by atoms with Crippen LogP contribution in [0, 0.1) is 0 Å². The Morgan fingerprint density at radius 3 is 1.86 bits per heavy atom. The molecule has 0 radical (unpaired) electrons. The quantitative estimate of drug-likeness (QED) is 0.177. The standard InChI is InChI=1S/C61H40N4/c1-61(2)49-25-8-5-23-45(49)57-46(24-15-26-50(57)61)59-58(62-51-27-9-10-28-52(51)63-59)39-18-13-19-40(34-39)64-53-29-11-7-22-43(53)48-36-47-38(35-56(48)64)17-14-31-55(47)65-54-30-12-6-21-42(54)44-33-32-37-16-3-4-20-41(37)60(44)65/h3-36H,1-2H3. The highest BCUT2D eigenvalue weighted by atomic mass is 15.0. The van der Waals surface area contributed by atoms with Crippen LogP contribution >= 0.6 is 0 Å². The monoisotopic (exact) mass is 828 g/mol. The number of fused-ring (bicyclic) bond motifs is 13. The highest BCUT2D eigenvalue weighted by Crippen LogP contribution is 2.53. The molecule has 0 fully saturated rings. The van der Waals surface area contributed by atoms with Gasteiger partial charge in [0.2, 0.25) is 0 Å². The molecule has 0 saturated heterocycles. The molecule has 3 aromatic heterocycles. The van der Waals surface area contributed by atoms with Gasteiger partial charge in [-0.15, -0.1) is 0 Å². The average molecular weight is 829 g/mol. The summed E-state index contributed by atoms with van der Waals surface area (Å²) in [6.07, 6.45) is 0. The molecule has 65 heavy (non-hydrogen) atoms. The fourth-order valence-electron chi connectivity index (χ4n) is 11.3. The van der Waals surface area contributed by atoms with Crippen LogP contribution in [0.5, 0.6) is 0 Å². The van der Waals surface area contributed by atoms with Gasteiger partial charge < -0.3 is 9.13 Å². The number of nitrogens with zero attached hydrogens (tertiary/aromatic N) is 4. The van der Waals surface area contributed by atoms with E-state index < -0.39 is 0 Å². The van der Waals surface area contributed by atoms with Gasteiger partial charge in [0.15, 0.2) is 0 Å². The number of para-hydroxylation sites is 4. The van der Waals surface area contributed by atoms with Gasteiger partial charge in [0.1, 0.15) is 0 Å². The van der Waals surface area contributed by atoms with Gasteiger partial charge in [0.25, 0.3) is 0 Å². The molecule has 0 bridgehead atoms. The van der Waals surface area contributed by atoms with E-state index in [0.29, 0.717) is 0 Å². The predicted molar refractivity (Wildman–Crippen MR) is 272 cm³/mol. The Balaban J connectivity index is 0.999. The lowest BCUT2D eigenvalue weighted by atomic mass is 9.82. The third-order valence-corrected chi connectivity index (χ3v) is 14.3. The molecule has 0 atom stereocenters. The molecule has 4 heteroatoms. The first-order valence-electron chi connectivity index (χ1n) is 22.5. The van der Waals surface area contributed by atoms with E-state index in [1.54, 1.807) is 0 Å². The van der Waals surface area contributed by atoms with Crippen LogP contribution in [-0.2, 0) is 5.41 Å². The zero-order valence-electron chi connectivity index (χ0n) is 35.9. The third-order valence-electron chi connectivity index (χ3n) is 14.3. The summed E-state index contributed by atoms with van der Waals surface area (Å²) in [5, 5.41) is 9.83. The van der Waals surface area contributed by atoms with Crippen molar-refractivity contribution in [3.8, 4) is 45.0 Å². The van der Waals surface area contributed by atoms with Crippen molar-refractivity contribution in [2.45, 2.75) is 19.3 Å².